The van der Waals surface area contributed by atoms with Crippen LogP contribution in [0.25, 0.3) is 10.9 Å². The number of hydrogen-bond donors (Lipinski definition) is 0. The Morgan fingerprint density at radius 2 is 2.21 bits per heavy atom. The maximum absolute atomic E-state index is 8.70. The Kier molecular flexibility index (Phi) is 2.11. The van der Waals surface area contributed by atoms with Crippen LogP contribution in [-0.2, 0) is 0 Å². The van der Waals surface area contributed by atoms with Crippen LogP contribution in [0, 0.1) is 18.3 Å². The molecule has 0 bridgehead atoms. The molecule has 0 unspecified atom stereocenters. The molecule has 0 radical (unpaired) electrons. The molecule has 0 aliphatic carbocycles. The molecule has 0 N–H and O–H groups in total. The number of pyridine rings is 1. The first-order chi connectivity index (χ1) is 6.72. The predicted molar refractivity (Wildman–Crippen MR) is 56.2 cm³/mol. The highest BCUT2D eigenvalue weighted by Gasteiger charge is 2.03. The van der Waals surface area contributed by atoms with Gasteiger partial charge >= 0.3 is 0 Å². The zero-order chi connectivity index (χ0) is 10.1. The number of nitrogens with zero attached hydrogens (tertiary/aromatic N) is 2. The molecule has 68 valence electrons. The molecule has 14 heavy (non-hydrogen) atoms. The number of rotatable bonds is 0. The van der Waals surface area contributed by atoms with Crippen LogP contribution in [0.3, 0.4) is 0 Å². The van der Waals surface area contributed by atoms with Gasteiger partial charge in [0.15, 0.2) is 0 Å². The molecule has 0 spiro atoms. The molecule has 0 saturated carbocycles. The van der Waals surface area contributed by atoms with Gasteiger partial charge in [0, 0.05) is 16.6 Å². The van der Waals surface area contributed by atoms with Gasteiger partial charge < -0.3 is 0 Å². The Morgan fingerprint density at radius 1 is 1.43 bits per heavy atom. The summed E-state index contributed by atoms with van der Waals surface area (Å²) in [5, 5.41) is 10.4. The van der Waals surface area contributed by atoms with E-state index in [9.17, 15) is 0 Å². The summed E-state index contributed by atoms with van der Waals surface area (Å²) >= 11 is 5.96. The number of halogens is 1. The normalized spacial score (nSPS) is 10.1. The van der Waals surface area contributed by atoms with Crippen molar-refractivity contribution in [3.05, 3.63) is 40.5 Å². The zero-order valence-electron chi connectivity index (χ0n) is 7.58. The van der Waals surface area contributed by atoms with Gasteiger partial charge in [0.05, 0.1) is 11.1 Å². The quantitative estimate of drug-likeness (QED) is 0.658. The van der Waals surface area contributed by atoms with Crippen LogP contribution < -0.4 is 0 Å². The third-order valence-electron chi connectivity index (χ3n) is 2.17. The summed E-state index contributed by atoms with van der Waals surface area (Å²) in [6.07, 6.45) is 1.56. The number of hydrogen-bond acceptors (Lipinski definition) is 2. The lowest BCUT2D eigenvalue weighted by molar-refractivity contribution is 1.34. The van der Waals surface area contributed by atoms with Crippen LogP contribution in [0.1, 0.15) is 11.1 Å². The van der Waals surface area contributed by atoms with Crippen LogP contribution >= 0.6 is 11.6 Å². The minimum absolute atomic E-state index is 0.569. The summed E-state index contributed by atoms with van der Waals surface area (Å²) in [5.74, 6) is 0. The molecule has 2 nitrogen and oxygen atoms in total. The molecule has 3 heteroatoms. The fraction of sp³-hybridized carbons (Fsp3) is 0.0909. The van der Waals surface area contributed by atoms with Gasteiger partial charge in [-0.25, -0.2) is 0 Å². The molecule has 0 atom stereocenters. The molecular formula is C11H7ClN2. The summed E-state index contributed by atoms with van der Waals surface area (Å²) in [4.78, 5) is 4.21. The van der Waals surface area contributed by atoms with Crippen molar-refractivity contribution in [2.24, 2.45) is 0 Å². The van der Waals surface area contributed by atoms with Gasteiger partial charge in [-0.1, -0.05) is 17.7 Å². The van der Waals surface area contributed by atoms with E-state index in [4.69, 9.17) is 16.9 Å². The van der Waals surface area contributed by atoms with Crippen LogP contribution in [-0.4, -0.2) is 4.98 Å². The van der Waals surface area contributed by atoms with E-state index in [-0.39, 0.29) is 0 Å². The van der Waals surface area contributed by atoms with Gasteiger partial charge in [0.1, 0.15) is 6.07 Å². The number of aryl methyl sites for hydroxylation is 1. The maximum Gasteiger partial charge on any atom is 0.101 e. The van der Waals surface area contributed by atoms with Crippen molar-refractivity contribution in [3.8, 4) is 6.07 Å². The summed E-state index contributed by atoms with van der Waals surface area (Å²) in [5.41, 5.74) is 2.38. The average molecular weight is 203 g/mol. The smallest absolute Gasteiger partial charge is 0.101 e. The second-order valence-corrected chi connectivity index (χ2v) is 3.49. The summed E-state index contributed by atoms with van der Waals surface area (Å²) in [6, 6.07) is 7.56. The minimum Gasteiger partial charge on any atom is -0.255 e. The third-order valence-corrected chi connectivity index (χ3v) is 2.58. The first kappa shape index (κ1) is 8.98. The van der Waals surface area contributed by atoms with E-state index in [2.05, 4.69) is 11.1 Å². The number of fused-ring (bicyclic) bond motifs is 1. The lowest BCUT2D eigenvalue weighted by Gasteiger charge is -2.02. The standard InChI is InChI=1S/C11H7ClN2/c1-7-10(12)3-2-9-4-8(5-13)6-14-11(7)9/h2-4,6H,1H3. The largest absolute Gasteiger partial charge is 0.255 e. The second-order valence-electron chi connectivity index (χ2n) is 3.08. The van der Waals surface area contributed by atoms with E-state index >= 15 is 0 Å². The van der Waals surface area contributed by atoms with Gasteiger partial charge in [0.2, 0.25) is 0 Å². The van der Waals surface area contributed by atoms with Crippen molar-refractivity contribution in [2.75, 3.05) is 0 Å². The Hall–Kier alpha value is -1.59. The maximum atomic E-state index is 8.70. The molecule has 0 fully saturated rings. The Morgan fingerprint density at radius 3 is 2.93 bits per heavy atom. The molecule has 0 aliphatic heterocycles. The van der Waals surface area contributed by atoms with Crippen molar-refractivity contribution in [3.63, 3.8) is 0 Å². The average Bonchev–Trinajstić information content (AvgIpc) is 2.23. The van der Waals surface area contributed by atoms with Crippen molar-refractivity contribution in [1.82, 2.24) is 4.98 Å². The fourth-order valence-electron chi connectivity index (χ4n) is 1.38. The first-order valence-electron chi connectivity index (χ1n) is 4.17. The van der Waals surface area contributed by atoms with Gasteiger partial charge in [-0.2, -0.15) is 5.26 Å². The number of benzene rings is 1. The van der Waals surface area contributed by atoms with Crippen LogP contribution in [0.2, 0.25) is 5.02 Å². The fourth-order valence-corrected chi connectivity index (χ4v) is 1.54. The second kappa shape index (κ2) is 3.28. The van der Waals surface area contributed by atoms with Gasteiger partial charge in [0.25, 0.3) is 0 Å². The molecule has 0 saturated heterocycles. The Bertz CT molecular complexity index is 541. The van der Waals surface area contributed by atoms with Crippen molar-refractivity contribution in [2.45, 2.75) is 6.92 Å². The van der Waals surface area contributed by atoms with E-state index in [1.807, 2.05) is 25.1 Å². The lowest BCUT2D eigenvalue weighted by atomic mass is 10.1. The topological polar surface area (TPSA) is 36.7 Å². The van der Waals surface area contributed by atoms with Gasteiger partial charge in [-0.3, -0.25) is 4.98 Å². The van der Waals surface area contributed by atoms with Gasteiger partial charge in [-0.15, -0.1) is 0 Å². The molecule has 0 amide bonds. The Balaban J connectivity index is 2.83. The highest BCUT2D eigenvalue weighted by molar-refractivity contribution is 6.32. The summed E-state index contributed by atoms with van der Waals surface area (Å²) in [6.45, 7) is 1.92. The third kappa shape index (κ3) is 1.32. The molecule has 1 heterocycles. The van der Waals surface area contributed by atoms with E-state index < -0.39 is 0 Å². The zero-order valence-corrected chi connectivity index (χ0v) is 8.34. The van der Waals surface area contributed by atoms with E-state index in [0.717, 1.165) is 16.5 Å². The van der Waals surface area contributed by atoms with Crippen molar-refractivity contribution < 1.29 is 0 Å². The summed E-state index contributed by atoms with van der Waals surface area (Å²) in [7, 11) is 0. The molecular weight excluding hydrogens is 196 g/mol. The van der Waals surface area contributed by atoms with Crippen LogP contribution in [0.4, 0.5) is 0 Å². The number of aromatic nitrogens is 1. The van der Waals surface area contributed by atoms with Crippen molar-refractivity contribution in [1.29, 1.82) is 5.26 Å². The monoisotopic (exact) mass is 202 g/mol. The highest BCUT2D eigenvalue weighted by atomic mass is 35.5. The Labute approximate surface area is 86.8 Å². The molecule has 2 aromatic rings. The van der Waals surface area contributed by atoms with Crippen LogP contribution in [0.5, 0.6) is 0 Å². The van der Waals surface area contributed by atoms with Gasteiger partial charge in [-0.05, 0) is 24.6 Å². The summed E-state index contributed by atoms with van der Waals surface area (Å²) < 4.78 is 0. The molecule has 1 aromatic heterocycles. The van der Waals surface area contributed by atoms with Crippen molar-refractivity contribution >= 4 is 22.5 Å². The van der Waals surface area contributed by atoms with E-state index in [0.29, 0.717) is 10.6 Å². The van der Waals surface area contributed by atoms with E-state index in [1.165, 1.54) is 0 Å². The van der Waals surface area contributed by atoms with E-state index in [1.54, 1.807) is 6.20 Å². The predicted octanol–water partition coefficient (Wildman–Crippen LogP) is 3.07. The van der Waals surface area contributed by atoms with Crippen LogP contribution in [0.15, 0.2) is 24.4 Å². The molecule has 2 rings (SSSR count). The molecule has 0 aliphatic rings. The molecule has 1 aromatic carbocycles. The first-order valence-corrected chi connectivity index (χ1v) is 4.55. The SMILES string of the molecule is Cc1c(Cl)ccc2cc(C#N)cnc12. The lowest BCUT2D eigenvalue weighted by Crippen LogP contribution is -1.86. The highest BCUT2D eigenvalue weighted by Crippen LogP contribution is 2.23. The number of nitriles is 1. The minimum atomic E-state index is 0.569.